The van der Waals surface area contributed by atoms with Crippen LogP contribution in [0.2, 0.25) is 5.15 Å². The topological polar surface area (TPSA) is 175 Å². The second-order valence-corrected chi connectivity index (χ2v) is 11.9. The van der Waals surface area contributed by atoms with Gasteiger partial charge in [-0.2, -0.15) is 4.98 Å². The summed E-state index contributed by atoms with van der Waals surface area (Å²) in [6.07, 6.45) is 2.44. The second kappa shape index (κ2) is 10.9. The van der Waals surface area contributed by atoms with E-state index in [2.05, 4.69) is 25.4 Å². The molecule has 5 rings (SSSR count). The lowest BCUT2D eigenvalue weighted by Gasteiger charge is -2.20. The second-order valence-electron chi connectivity index (χ2n) is 9.72. The predicted molar refractivity (Wildman–Crippen MR) is 157 cm³/mol. The molecular weight excluding hydrogens is 584 g/mol. The van der Waals surface area contributed by atoms with Crippen LogP contribution in [0.3, 0.4) is 0 Å². The number of hydrogen-bond donors (Lipinski definition) is 2. The number of fused-ring (bicyclic) bond motifs is 1. The molecule has 15 heteroatoms. The summed E-state index contributed by atoms with van der Waals surface area (Å²) in [7, 11) is -2.21. The molecule has 216 valence electrons. The highest BCUT2D eigenvalue weighted by Crippen LogP contribution is 2.29. The Labute approximate surface area is 245 Å². The maximum absolute atomic E-state index is 13.5. The number of aryl methyl sites for hydroxylation is 2. The fraction of sp³-hybridized carbons (Fsp3) is 0.222. The molecular formula is C27H25ClN8O5S. The summed E-state index contributed by atoms with van der Waals surface area (Å²) >= 11 is 6.01. The molecule has 5 aromatic rings. The Balaban J connectivity index is 1.57. The van der Waals surface area contributed by atoms with Gasteiger partial charge in [0.15, 0.2) is 5.69 Å². The quantitative estimate of drug-likeness (QED) is 0.258. The third kappa shape index (κ3) is 5.85. The van der Waals surface area contributed by atoms with Crippen LogP contribution in [0.1, 0.15) is 40.5 Å². The molecule has 0 aliphatic heterocycles. The van der Waals surface area contributed by atoms with Gasteiger partial charge < -0.3 is 9.84 Å². The van der Waals surface area contributed by atoms with Crippen LogP contribution < -0.4 is 15.6 Å². The molecule has 0 unspecified atom stereocenters. The van der Waals surface area contributed by atoms with Crippen molar-refractivity contribution >= 4 is 44.1 Å². The number of pyridine rings is 2. The Morgan fingerprint density at radius 1 is 1.10 bits per heavy atom. The maximum atomic E-state index is 13.5. The summed E-state index contributed by atoms with van der Waals surface area (Å²) in [4.78, 5) is 43.7. The van der Waals surface area contributed by atoms with Crippen molar-refractivity contribution in [2.45, 2.75) is 26.8 Å². The van der Waals surface area contributed by atoms with E-state index in [1.807, 2.05) is 24.6 Å². The number of carbonyl (C=O) groups is 1. The van der Waals surface area contributed by atoms with Crippen molar-refractivity contribution < 1.29 is 17.7 Å². The van der Waals surface area contributed by atoms with E-state index in [0.717, 1.165) is 11.8 Å². The molecule has 0 saturated carbocycles. The van der Waals surface area contributed by atoms with E-state index >= 15 is 0 Å². The highest BCUT2D eigenvalue weighted by atomic mass is 35.5. The van der Waals surface area contributed by atoms with Crippen molar-refractivity contribution in [1.29, 1.82) is 0 Å². The van der Waals surface area contributed by atoms with E-state index in [-0.39, 0.29) is 22.1 Å². The van der Waals surface area contributed by atoms with Crippen LogP contribution in [-0.2, 0) is 17.1 Å². The normalized spacial score (nSPS) is 12.3. The number of aromatic nitrogens is 6. The van der Waals surface area contributed by atoms with Gasteiger partial charge in [0.25, 0.3) is 11.5 Å². The van der Waals surface area contributed by atoms with Gasteiger partial charge >= 0.3 is 0 Å². The Kier molecular flexibility index (Phi) is 7.51. The van der Waals surface area contributed by atoms with Gasteiger partial charge in [-0.1, -0.05) is 22.8 Å². The van der Waals surface area contributed by atoms with Crippen molar-refractivity contribution in [3.05, 3.63) is 80.8 Å². The molecule has 0 aliphatic rings. The number of sulfonamides is 1. The van der Waals surface area contributed by atoms with Crippen LogP contribution in [0.15, 0.2) is 51.9 Å². The summed E-state index contributed by atoms with van der Waals surface area (Å²) in [5.41, 5.74) is 2.81. The average molecular weight is 609 g/mol. The number of carbonyl (C=O) groups excluding carboxylic acids is 1. The van der Waals surface area contributed by atoms with Gasteiger partial charge in [0.05, 0.1) is 28.9 Å². The van der Waals surface area contributed by atoms with Crippen molar-refractivity contribution in [3.63, 3.8) is 0 Å². The molecule has 42 heavy (non-hydrogen) atoms. The molecule has 13 nitrogen and oxygen atoms in total. The maximum Gasteiger partial charge on any atom is 0.285 e. The Morgan fingerprint density at radius 2 is 1.86 bits per heavy atom. The first-order valence-corrected chi connectivity index (χ1v) is 14.8. The van der Waals surface area contributed by atoms with Crippen molar-refractivity contribution in [2.75, 3.05) is 11.6 Å². The lowest BCUT2D eigenvalue weighted by molar-refractivity contribution is 0.0977. The van der Waals surface area contributed by atoms with Gasteiger partial charge in [-0.25, -0.2) is 23.1 Å². The predicted octanol–water partition coefficient (Wildman–Crippen LogP) is 3.57. The van der Waals surface area contributed by atoms with Gasteiger partial charge in [0, 0.05) is 31.3 Å². The molecule has 1 aromatic carbocycles. The van der Waals surface area contributed by atoms with Crippen LogP contribution in [-0.4, -0.2) is 50.2 Å². The molecule has 2 N–H and O–H groups in total. The fourth-order valence-electron chi connectivity index (χ4n) is 4.45. The molecule has 4 aromatic heterocycles. The van der Waals surface area contributed by atoms with Gasteiger partial charge in [-0.15, -0.1) is 0 Å². The van der Waals surface area contributed by atoms with Gasteiger partial charge in [0.2, 0.25) is 21.7 Å². The number of halogens is 1. The van der Waals surface area contributed by atoms with Crippen LogP contribution >= 0.6 is 11.6 Å². The number of anilines is 1. The zero-order valence-corrected chi connectivity index (χ0v) is 24.7. The lowest BCUT2D eigenvalue weighted by Crippen LogP contribution is -2.31. The van der Waals surface area contributed by atoms with Gasteiger partial charge in [-0.3, -0.25) is 19.1 Å². The summed E-state index contributed by atoms with van der Waals surface area (Å²) < 4.78 is 31.7. The molecule has 0 spiro atoms. The number of amides is 1. The summed E-state index contributed by atoms with van der Waals surface area (Å²) in [5.74, 6) is 0.204. The van der Waals surface area contributed by atoms with E-state index in [1.54, 1.807) is 38.4 Å². The first kappa shape index (κ1) is 28.8. The summed E-state index contributed by atoms with van der Waals surface area (Å²) in [6, 6.07) is 9.62. The standard InChI is InChI=1S/C27H25ClN8O5S/c1-13-10-17(14(2)30-19-8-9-21(28)32-23(19)26(37)35-42(5,39)40)22-18(11-13)27(38)36(4)25(33-22)16-6-7-20(29-12-16)24-31-15(3)41-34-24/h6-12,14,30H,1-5H3,(H,35,37)/t14-/m1/s1. The zero-order chi connectivity index (χ0) is 30.3. The number of benzene rings is 1. The van der Waals surface area contributed by atoms with Gasteiger partial charge in [0.1, 0.15) is 16.7 Å². The Hall–Kier alpha value is -4.69. The molecule has 0 radical (unpaired) electrons. The molecule has 0 saturated heterocycles. The molecule has 4 heterocycles. The summed E-state index contributed by atoms with van der Waals surface area (Å²) in [6.45, 7) is 5.37. The van der Waals surface area contributed by atoms with Crippen LogP contribution in [0, 0.1) is 13.8 Å². The third-order valence-corrected chi connectivity index (χ3v) is 7.09. The first-order valence-electron chi connectivity index (χ1n) is 12.5. The number of rotatable bonds is 7. The van der Waals surface area contributed by atoms with Crippen molar-refractivity contribution in [3.8, 4) is 22.9 Å². The number of hydrogen-bond acceptors (Lipinski definition) is 11. The summed E-state index contributed by atoms with van der Waals surface area (Å²) in [5, 5.41) is 7.50. The first-order chi connectivity index (χ1) is 19.8. The van der Waals surface area contributed by atoms with Crippen LogP contribution in [0.5, 0.6) is 0 Å². The minimum atomic E-state index is -3.85. The largest absolute Gasteiger partial charge is 0.377 e. The minimum Gasteiger partial charge on any atom is -0.377 e. The van der Waals surface area contributed by atoms with Crippen LogP contribution in [0.25, 0.3) is 33.8 Å². The number of nitrogens with zero attached hydrogens (tertiary/aromatic N) is 6. The van der Waals surface area contributed by atoms with Gasteiger partial charge in [-0.05, 0) is 49.7 Å². The lowest BCUT2D eigenvalue weighted by atomic mass is 10.0. The SMILES string of the molecule is Cc1cc([C@@H](C)Nc2ccc(Cl)nc2C(=O)NS(C)(=O)=O)c2nc(-c3ccc(-c4noc(C)n4)nc3)n(C)c(=O)c2c1. The highest BCUT2D eigenvalue weighted by molar-refractivity contribution is 7.89. The smallest absolute Gasteiger partial charge is 0.285 e. The molecule has 0 fully saturated rings. The molecule has 1 atom stereocenters. The molecule has 0 aliphatic carbocycles. The average Bonchev–Trinajstić information content (AvgIpc) is 3.37. The van der Waals surface area contributed by atoms with E-state index in [9.17, 15) is 18.0 Å². The van der Waals surface area contributed by atoms with E-state index < -0.39 is 22.0 Å². The Bertz CT molecular complexity index is 2020. The molecule has 1 amide bonds. The van der Waals surface area contributed by atoms with E-state index in [0.29, 0.717) is 45.3 Å². The highest BCUT2D eigenvalue weighted by Gasteiger charge is 2.22. The fourth-order valence-corrected chi connectivity index (χ4v) is 5.04. The van der Waals surface area contributed by atoms with E-state index in [4.69, 9.17) is 21.1 Å². The molecule has 0 bridgehead atoms. The monoisotopic (exact) mass is 608 g/mol. The number of nitrogens with one attached hydrogen (secondary N) is 2. The third-order valence-electron chi connectivity index (χ3n) is 6.33. The van der Waals surface area contributed by atoms with Crippen molar-refractivity contribution in [1.82, 2.24) is 34.4 Å². The van der Waals surface area contributed by atoms with E-state index in [1.165, 1.54) is 16.7 Å². The Morgan fingerprint density at radius 3 is 2.50 bits per heavy atom. The minimum absolute atomic E-state index is 0.0109. The zero-order valence-electron chi connectivity index (χ0n) is 23.1. The van der Waals surface area contributed by atoms with Crippen LogP contribution in [0.4, 0.5) is 5.69 Å². The van der Waals surface area contributed by atoms with Crippen molar-refractivity contribution in [2.24, 2.45) is 7.05 Å².